The molecule has 0 saturated heterocycles. The number of hydrogen-bond acceptors (Lipinski definition) is 7. The van der Waals surface area contributed by atoms with Crippen LogP contribution in [0.4, 0.5) is 0 Å². The number of carbonyl (C=O) groups is 5. The third-order valence-electron chi connectivity index (χ3n) is 4.72. The first-order valence-electron chi connectivity index (χ1n) is 10.3. The van der Waals surface area contributed by atoms with Crippen LogP contribution in [0.3, 0.4) is 0 Å². The van der Waals surface area contributed by atoms with Gasteiger partial charge in [-0.05, 0) is 30.0 Å². The Hall–Kier alpha value is -3.67. The molecule has 0 aliphatic heterocycles. The molecule has 0 spiro atoms. The average Bonchev–Trinajstić information content (AvgIpc) is 2.74. The van der Waals surface area contributed by atoms with Crippen LogP contribution in [0.2, 0.25) is 0 Å². The molecule has 12 heteroatoms. The Labute approximate surface area is 190 Å². The van der Waals surface area contributed by atoms with Gasteiger partial charge in [0.2, 0.25) is 17.7 Å². The van der Waals surface area contributed by atoms with Crippen molar-refractivity contribution in [2.45, 2.75) is 51.2 Å². The number of carboxylic acids is 2. The fourth-order valence-corrected chi connectivity index (χ4v) is 2.74. The number of phenols is 1. The summed E-state index contributed by atoms with van der Waals surface area (Å²) in [6, 6.07) is 2.48. The van der Waals surface area contributed by atoms with Gasteiger partial charge in [-0.3, -0.25) is 24.0 Å². The molecule has 1 aromatic rings. The zero-order valence-corrected chi connectivity index (χ0v) is 18.4. The van der Waals surface area contributed by atoms with Gasteiger partial charge >= 0.3 is 11.9 Å². The number of hydrogen-bond donors (Lipinski definition) is 7. The monoisotopic (exact) mass is 466 g/mol. The largest absolute Gasteiger partial charge is 0.508 e. The second-order valence-electron chi connectivity index (χ2n) is 7.81. The maximum absolute atomic E-state index is 13.0. The lowest BCUT2D eigenvalue weighted by Crippen LogP contribution is -2.57. The predicted octanol–water partition coefficient (Wildman–Crippen LogP) is -1.05. The number of amides is 3. The van der Waals surface area contributed by atoms with Gasteiger partial charge in [-0.2, -0.15) is 0 Å². The number of nitrogens with two attached hydrogens (primary N) is 1. The van der Waals surface area contributed by atoms with Crippen LogP contribution in [0.15, 0.2) is 24.3 Å². The number of aliphatic carboxylic acids is 2. The normalized spacial score (nSPS) is 13.5. The SMILES string of the molecule is CC(C)C(N)C(=O)NC(Cc1ccc(O)cc1)C(=O)NC(CCC(=O)O)C(=O)NCC(=O)O. The minimum atomic E-state index is -1.34. The van der Waals surface area contributed by atoms with Gasteiger partial charge in [0, 0.05) is 12.8 Å². The number of phenolic OH excluding ortho intramolecular Hbond substituents is 1. The molecule has 12 nitrogen and oxygen atoms in total. The van der Waals surface area contributed by atoms with Crippen molar-refractivity contribution in [1.82, 2.24) is 16.0 Å². The molecule has 0 bridgehead atoms. The third kappa shape index (κ3) is 9.99. The first kappa shape index (κ1) is 27.4. The van der Waals surface area contributed by atoms with E-state index in [9.17, 15) is 29.1 Å². The van der Waals surface area contributed by atoms with E-state index in [0.717, 1.165) is 0 Å². The van der Waals surface area contributed by atoms with Crippen molar-refractivity contribution >= 4 is 29.7 Å². The lowest BCUT2D eigenvalue weighted by Gasteiger charge is -2.25. The van der Waals surface area contributed by atoms with E-state index in [-0.39, 0.29) is 24.5 Å². The van der Waals surface area contributed by atoms with Crippen molar-refractivity contribution in [3.63, 3.8) is 0 Å². The Balaban J connectivity index is 3.07. The maximum atomic E-state index is 13.0. The van der Waals surface area contributed by atoms with Crippen LogP contribution in [-0.2, 0) is 30.4 Å². The minimum Gasteiger partial charge on any atom is -0.508 e. The summed E-state index contributed by atoms with van der Waals surface area (Å²) in [5, 5.41) is 34.1. The molecule has 1 aromatic carbocycles. The summed E-state index contributed by atoms with van der Waals surface area (Å²) in [5.41, 5.74) is 6.45. The summed E-state index contributed by atoms with van der Waals surface area (Å²) in [7, 11) is 0. The van der Waals surface area contributed by atoms with E-state index in [1.807, 2.05) is 0 Å². The molecule has 3 amide bonds. The van der Waals surface area contributed by atoms with Gasteiger partial charge in [-0.1, -0.05) is 26.0 Å². The maximum Gasteiger partial charge on any atom is 0.322 e. The first-order chi connectivity index (χ1) is 15.4. The van der Waals surface area contributed by atoms with Gasteiger partial charge in [0.15, 0.2) is 0 Å². The van der Waals surface area contributed by atoms with Crippen LogP contribution in [-0.4, -0.2) is 69.7 Å². The molecular formula is C21H30N4O8. The summed E-state index contributed by atoms with van der Waals surface area (Å²) in [6.45, 7) is 2.75. The van der Waals surface area contributed by atoms with E-state index in [2.05, 4.69) is 16.0 Å². The summed E-state index contributed by atoms with van der Waals surface area (Å²) in [5.74, 6) is -4.99. The molecule has 3 atom stereocenters. The highest BCUT2D eigenvalue weighted by molar-refractivity contribution is 5.94. The van der Waals surface area contributed by atoms with E-state index in [0.29, 0.717) is 5.56 Å². The van der Waals surface area contributed by atoms with Gasteiger partial charge in [-0.25, -0.2) is 0 Å². The number of carbonyl (C=O) groups excluding carboxylic acids is 3. The van der Waals surface area contributed by atoms with E-state index < -0.39 is 60.8 Å². The van der Waals surface area contributed by atoms with Crippen molar-refractivity contribution in [1.29, 1.82) is 0 Å². The molecule has 0 fully saturated rings. The summed E-state index contributed by atoms with van der Waals surface area (Å²) in [6.07, 6.45) is -0.762. The Bertz CT molecular complexity index is 856. The van der Waals surface area contributed by atoms with Crippen molar-refractivity contribution in [3.8, 4) is 5.75 Å². The molecule has 3 unspecified atom stereocenters. The molecule has 0 heterocycles. The molecule has 8 N–H and O–H groups in total. The molecular weight excluding hydrogens is 436 g/mol. The van der Waals surface area contributed by atoms with Gasteiger partial charge in [0.05, 0.1) is 6.04 Å². The predicted molar refractivity (Wildman–Crippen MR) is 116 cm³/mol. The van der Waals surface area contributed by atoms with Gasteiger partial charge in [-0.15, -0.1) is 0 Å². The summed E-state index contributed by atoms with van der Waals surface area (Å²) < 4.78 is 0. The molecule has 0 aromatic heterocycles. The Morgan fingerprint density at radius 1 is 0.879 bits per heavy atom. The van der Waals surface area contributed by atoms with Gasteiger partial charge in [0.25, 0.3) is 0 Å². The number of benzene rings is 1. The molecule has 33 heavy (non-hydrogen) atoms. The highest BCUT2D eigenvalue weighted by Gasteiger charge is 2.29. The Kier molecular flexibility index (Phi) is 10.8. The van der Waals surface area contributed by atoms with E-state index in [4.69, 9.17) is 15.9 Å². The van der Waals surface area contributed by atoms with Crippen molar-refractivity contribution in [2.75, 3.05) is 6.54 Å². The molecule has 0 radical (unpaired) electrons. The summed E-state index contributed by atoms with van der Waals surface area (Å²) in [4.78, 5) is 59.4. The Morgan fingerprint density at radius 2 is 1.45 bits per heavy atom. The van der Waals surface area contributed by atoms with Crippen molar-refractivity contribution in [2.24, 2.45) is 11.7 Å². The fraction of sp³-hybridized carbons (Fsp3) is 0.476. The quantitative estimate of drug-likeness (QED) is 0.189. The van der Waals surface area contributed by atoms with Crippen LogP contribution < -0.4 is 21.7 Å². The van der Waals surface area contributed by atoms with Crippen LogP contribution in [0.25, 0.3) is 0 Å². The topological polar surface area (TPSA) is 208 Å². The third-order valence-corrected chi connectivity index (χ3v) is 4.72. The molecule has 1 rings (SSSR count). The lowest BCUT2D eigenvalue weighted by molar-refractivity contribution is -0.140. The van der Waals surface area contributed by atoms with Gasteiger partial charge in [0.1, 0.15) is 24.4 Å². The Morgan fingerprint density at radius 3 is 1.97 bits per heavy atom. The molecule has 0 aliphatic carbocycles. The van der Waals surface area contributed by atoms with Crippen LogP contribution in [0.1, 0.15) is 32.3 Å². The molecule has 0 aliphatic rings. The van der Waals surface area contributed by atoms with E-state index >= 15 is 0 Å². The highest BCUT2D eigenvalue weighted by atomic mass is 16.4. The average molecular weight is 466 g/mol. The van der Waals surface area contributed by atoms with Crippen LogP contribution >= 0.6 is 0 Å². The van der Waals surface area contributed by atoms with E-state index in [1.54, 1.807) is 26.0 Å². The molecule has 182 valence electrons. The number of carboxylic acid groups (broad SMARTS) is 2. The summed E-state index contributed by atoms with van der Waals surface area (Å²) >= 11 is 0. The highest BCUT2D eigenvalue weighted by Crippen LogP contribution is 2.12. The fourth-order valence-electron chi connectivity index (χ4n) is 2.74. The zero-order chi connectivity index (χ0) is 25.1. The van der Waals surface area contributed by atoms with Crippen LogP contribution in [0.5, 0.6) is 5.75 Å². The first-order valence-corrected chi connectivity index (χ1v) is 10.3. The zero-order valence-electron chi connectivity index (χ0n) is 18.4. The second kappa shape index (κ2) is 13.0. The van der Waals surface area contributed by atoms with E-state index in [1.165, 1.54) is 12.1 Å². The van der Waals surface area contributed by atoms with Crippen molar-refractivity contribution in [3.05, 3.63) is 29.8 Å². The minimum absolute atomic E-state index is 0.00875. The number of aromatic hydroxyl groups is 1. The smallest absolute Gasteiger partial charge is 0.322 e. The second-order valence-corrected chi connectivity index (χ2v) is 7.81. The van der Waals surface area contributed by atoms with Gasteiger partial charge < -0.3 is 37.0 Å². The number of rotatable bonds is 13. The van der Waals surface area contributed by atoms with Crippen molar-refractivity contribution < 1.29 is 39.3 Å². The lowest BCUT2D eigenvalue weighted by atomic mass is 10.0. The standard InChI is InChI=1S/C21H30N4O8/c1-11(2)18(22)21(33)25-15(9-12-3-5-13(26)6-4-12)20(32)24-14(7-8-16(27)28)19(31)23-10-17(29)30/h3-6,11,14-15,18,26H,7-10,22H2,1-2H3,(H,23,31)(H,24,32)(H,25,33)(H,27,28)(H,29,30). The molecule has 0 saturated carbocycles. The number of nitrogens with one attached hydrogen (secondary N) is 3. The van der Waals surface area contributed by atoms with Crippen LogP contribution in [0, 0.1) is 5.92 Å².